The topological polar surface area (TPSA) is 78.5 Å². The summed E-state index contributed by atoms with van der Waals surface area (Å²) in [5, 5.41) is 0. The van der Waals surface area contributed by atoms with Crippen LogP contribution < -0.4 is 5.76 Å². The average Bonchev–Trinajstić information content (AvgIpc) is 2.89. The van der Waals surface area contributed by atoms with E-state index in [0.717, 1.165) is 11.1 Å². The van der Waals surface area contributed by atoms with Gasteiger partial charge >= 0.3 is 5.76 Å². The van der Waals surface area contributed by atoms with Gasteiger partial charge in [-0.05, 0) is 24.6 Å². The van der Waals surface area contributed by atoms with Gasteiger partial charge in [0.15, 0.2) is 17.1 Å². The number of ether oxygens (including phenoxy) is 1. The fraction of sp³-hybridized carbons (Fsp3) is 0.476. The molecule has 27 heavy (non-hydrogen) atoms. The summed E-state index contributed by atoms with van der Waals surface area (Å²) in [6.45, 7) is 7.75. The van der Waals surface area contributed by atoms with Gasteiger partial charge in [0.1, 0.15) is 12.7 Å². The monoisotopic (exact) mass is 371 g/mol. The van der Waals surface area contributed by atoms with Crippen LogP contribution in [-0.2, 0) is 20.9 Å². The number of ketones is 2. The molecule has 0 saturated carbocycles. The van der Waals surface area contributed by atoms with Gasteiger partial charge in [-0.1, -0.05) is 39.0 Å². The van der Waals surface area contributed by atoms with Crippen LogP contribution in [0.5, 0.6) is 0 Å². The molecular weight excluding hydrogens is 346 g/mol. The van der Waals surface area contributed by atoms with Crippen LogP contribution in [0.15, 0.2) is 39.6 Å². The Bertz CT molecular complexity index is 965. The van der Waals surface area contributed by atoms with Crippen molar-refractivity contribution in [3.05, 3.63) is 46.5 Å². The molecule has 0 N–H and O–H groups in total. The van der Waals surface area contributed by atoms with E-state index in [4.69, 9.17) is 9.15 Å². The largest absolute Gasteiger partial charge is 0.419 e. The summed E-state index contributed by atoms with van der Waals surface area (Å²) < 4.78 is 12.4. The van der Waals surface area contributed by atoms with Crippen LogP contribution in [0.2, 0.25) is 0 Å². The van der Waals surface area contributed by atoms with Crippen LogP contribution in [0.1, 0.15) is 32.8 Å². The zero-order valence-electron chi connectivity index (χ0n) is 16.2. The van der Waals surface area contributed by atoms with Crippen molar-refractivity contribution in [2.45, 2.75) is 46.8 Å². The SMILES string of the molecule is Cc1ccc2oc(=O)n(CC3(C)C=CC(OCC(=O)C(C)C)C(=O)C3)c2c1. The summed E-state index contributed by atoms with van der Waals surface area (Å²) in [6, 6.07) is 5.57. The number of benzene rings is 1. The van der Waals surface area contributed by atoms with Crippen molar-refractivity contribution in [1.29, 1.82) is 0 Å². The molecule has 1 aromatic heterocycles. The van der Waals surface area contributed by atoms with E-state index in [9.17, 15) is 14.4 Å². The molecule has 2 unspecified atom stereocenters. The van der Waals surface area contributed by atoms with Crippen LogP contribution in [0.4, 0.5) is 0 Å². The molecule has 0 fully saturated rings. The van der Waals surface area contributed by atoms with Gasteiger partial charge in [0.05, 0.1) is 5.52 Å². The molecule has 1 aliphatic rings. The van der Waals surface area contributed by atoms with Gasteiger partial charge in [-0.25, -0.2) is 4.79 Å². The minimum atomic E-state index is -0.708. The highest BCUT2D eigenvalue weighted by Gasteiger charge is 2.34. The lowest BCUT2D eigenvalue weighted by Gasteiger charge is -2.31. The van der Waals surface area contributed by atoms with Crippen molar-refractivity contribution in [2.24, 2.45) is 11.3 Å². The Morgan fingerprint density at radius 3 is 2.78 bits per heavy atom. The van der Waals surface area contributed by atoms with E-state index in [-0.39, 0.29) is 30.5 Å². The number of Topliss-reactive ketones (excluding diaryl/α,β-unsaturated/α-hetero) is 2. The normalized spacial score (nSPS) is 22.7. The second-order valence-corrected chi connectivity index (χ2v) is 7.93. The van der Waals surface area contributed by atoms with Crippen molar-refractivity contribution < 1.29 is 18.7 Å². The predicted octanol–water partition coefficient (Wildman–Crippen LogP) is 3.05. The third kappa shape index (κ3) is 4.11. The summed E-state index contributed by atoms with van der Waals surface area (Å²) in [7, 11) is 0. The number of hydrogen-bond donors (Lipinski definition) is 0. The molecule has 6 nitrogen and oxygen atoms in total. The fourth-order valence-electron chi connectivity index (χ4n) is 3.26. The third-order valence-corrected chi connectivity index (χ3v) is 4.96. The Kier molecular flexibility index (Phi) is 5.20. The third-order valence-electron chi connectivity index (χ3n) is 4.96. The Labute approximate surface area is 157 Å². The Morgan fingerprint density at radius 2 is 2.11 bits per heavy atom. The predicted molar refractivity (Wildman–Crippen MR) is 102 cm³/mol. The van der Waals surface area contributed by atoms with Gasteiger partial charge in [0.2, 0.25) is 0 Å². The minimum Gasteiger partial charge on any atom is -0.408 e. The van der Waals surface area contributed by atoms with Crippen molar-refractivity contribution in [3.63, 3.8) is 0 Å². The first-order chi connectivity index (χ1) is 12.7. The number of rotatable bonds is 6. The molecule has 0 spiro atoms. The summed E-state index contributed by atoms with van der Waals surface area (Å²) in [5.41, 5.74) is 1.76. The number of oxazole rings is 1. The minimum absolute atomic E-state index is 0.0312. The lowest BCUT2D eigenvalue weighted by atomic mass is 9.79. The zero-order chi connectivity index (χ0) is 19.8. The van der Waals surface area contributed by atoms with Crippen molar-refractivity contribution in [1.82, 2.24) is 4.57 Å². The van der Waals surface area contributed by atoms with Crippen LogP contribution in [0.25, 0.3) is 11.1 Å². The quantitative estimate of drug-likeness (QED) is 0.729. The maximum absolute atomic E-state index is 12.5. The highest BCUT2D eigenvalue weighted by Crippen LogP contribution is 2.32. The smallest absolute Gasteiger partial charge is 0.408 e. The van der Waals surface area contributed by atoms with Crippen LogP contribution in [0, 0.1) is 18.3 Å². The first-order valence-electron chi connectivity index (χ1n) is 9.15. The van der Waals surface area contributed by atoms with Crippen LogP contribution in [-0.4, -0.2) is 28.8 Å². The lowest BCUT2D eigenvalue weighted by Crippen LogP contribution is -2.37. The standard InChI is InChI=1S/C21H25NO5/c1-13(2)17(24)11-26-19-7-8-21(4,10-16(19)23)12-22-15-9-14(3)5-6-18(15)27-20(22)25/h5-9,13,19H,10-12H2,1-4H3. The van der Waals surface area contributed by atoms with Gasteiger partial charge < -0.3 is 9.15 Å². The number of carbonyl (C=O) groups is 2. The summed E-state index contributed by atoms with van der Waals surface area (Å²) in [4.78, 5) is 36.5. The van der Waals surface area contributed by atoms with E-state index in [0.29, 0.717) is 12.1 Å². The highest BCUT2D eigenvalue weighted by molar-refractivity contribution is 5.88. The molecule has 144 valence electrons. The first-order valence-corrected chi connectivity index (χ1v) is 9.15. The number of hydrogen-bond acceptors (Lipinski definition) is 5. The fourth-order valence-corrected chi connectivity index (χ4v) is 3.26. The molecule has 0 saturated heterocycles. The molecule has 0 radical (unpaired) electrons. The van der Waals surface area contributed by atoms with Crippen molar-refractivity contribution in [3.8, 4) is 0 Å². The van der Waals surface area contributed by atoms with Crippen molar-refractivity contribution in [2.75, 3.05) is 6.61 Å². The molecule has 0 bridgehead atoms. The Morgan fingerprint density at radius 1 is 1.37 bits per heavy atom. The summed E-state index contributed by atoms with van der Waals surface area (Å²) in [5.74, 6) is -0.675. The second kappa shape index (κ2) is 7.27. The molecular formula is C21H25NO5. The van der Waals surface area contributed by atoms with Crippen molar-refractivity contribution >= 4 is 22.7 Å². The number of allylic oxidation sites excluding steroid dienone is 1. The van der Waals surface area contributed by atoms with Gasteiger partial charge in [-0.3, -0.25) is 14.2 Å². The number of carbonyl (C=O) groups excluding carboxylic acids is 2. The molecule has 0 amide bonds. The lowest BCUT2D eigenvalue weighted by molar-refractivity contribution is -0.135. The molecule has 3 rings (SSSR count). The van der Waals surface area contributed by atoms with Crippen LogP contribution in [0.3, 0.4) is 0 Å². The van der Waals surface area contributed by atoms with Gasteiger partial charge in [-0.15, -0.1) is 0 Å². The first kappa shape index (κ1) is 19.3. The Hall–Kier alpha value is -2.47. The average molecular weight is 371 g/mol. The molecule has 2 aromatic rings. The summed E-state index contributed by atoms with van der Waals surface area (Å²) in [6.07, 6.45) is 3.12. The number of nitrogens with zero attached hydrogens (tertiary/aromatic N) is 1. The van der Waals surface area contributed by atoms with Crippen LogP contribution >= 0.6 is 0 Å². The van der Waals surface area contributed by atoms with E-state index in [1.54, 1.807) is 30.6 Å². The molecule has 0 aliphatic heterocycles. The van der Waals surface area contributed by atoms with Gasteiger partial charge in [-0.2, -0.15) is 0 Å². The maximum atomic E-state index is 12.5. The zero-order valence-corrected chi connectivity index (χ0v) is 16.2. The maximum Gasteiger partial charge on any atom is 0.419 e. The van der Waals surface area contributed by atoms with Gasteiger partial charge in [0.25, 0.3) is 0 Å². The number of fused-ring (bicyclic) bond motifs is 1. The number of aryl methyl sites for hydroxylation is 1. The molecule has 2 atom stereocenters. The van der Waals surface area contributed by atoms with E-state index < -0.39 is 17.3 Å². The van der Waals surface area contributed by atoms with E-state index in [1.165, 1.54) is 0 Å². The molecule has 1 aliphatic carbocycles. The molecule has 1 heterocycles. The summed E-state index contributed by atoms with van der Waals surface area (Å²) >= 11 is 0. The van der Waals surface area contributed by atoms with E-state index >= 15 is 0 Å². The van der Waals surface area contributed by atoms with E-state index in [2.05, 4.69) is 0 Å². The highest BCUT2D eigenvalue weighted by atomic mass is 16.5. The van der Waals surface area contributed by atoms with Gasteiger partial charge in [0, 0.05) is 24.3 Å². The molecule has 1 aromatic carbocycles. The second-order valence-electron chi connectivity index (χ2n) is 7.93. The van der Waals surface area contributed by atoms with E-state index in [1.807, 2.05) is 32.1 Å². The number of aromatic nitrogens is 1. The molecule has 6 heteroatoms. The Balaban J connectivity index is 1.79.